The average molecular weight is 267 g/mol. The molecule has 3 rings (SSSR count). The van der Waals surface area contributed by atoms with E-state index in [0.717, 1.165) is 11.1 Å². The first-order valence-electron chi connectivity index (χ1n) is 6.21. The maximum Gasteiger partial charge on any atom is 0.163 e. The zero-order valence-electron chi connectivity index (χ0n) is 10.5. The summed E-state index contributed by atoms with van der Waals surface area (Å²) in [6.45, 7) is 0. The normalized spacial score (nSPS) is 12.9. The van der Waals surface area contributed by atoms with E-state index in [4.69, 9.17) is 10.00 Å². The fraction of sp³-hybridized carbons (Fsp3) is 0.125. The van der Waals surface area contributed by atoms with Gasteiger partial charge in [-0.25, -0.2) is 4.39 Å². The van der Waals surface area contributed by atoms with Crippen LogP contribution in [0.4, 0.5) is 4.39 Å². The molecule has 0 heterocycles. The minimum absolute atomic E-state index is 0.121. The van der Waals surface area contributed by atoms with Crippen LogP contribution in [-0.2, 0) is 6.42 Å². The smallest absolute Gasteiger partial charge is 0.163 e. The third kappa shape index (κ3) is 2.04. The molecule has 0 aromatic heterocycles. The highest BCUT2D eigenvalue weighted by atomic mass is 19.1. The Morgan fingerprint density at radius 2 is 2.05 bits per heavy atom. The number of hydrogen-bond donors (Lipinski definition) is 0. The van der Waals surface area contributed by atoms with Crippen molar-refractivity contribution in [3.05, 3.63) is 58.9 Å². The molecule has 2 aromatic rings. The number of nitriles is 1. The predicted octanol–water partition coefficient (Wildman–Crippen LogP) is 3.62. The monoisotopic (exact) mass is 267 g/mol. The second kappa shape index (κ2) is 4.78. The molecule has 0 saturated carbocycles. The highest BCUT2D eigenvalue weighted by Crippen LogP contribution is 2.30. The van der Waals surface area contributed by atoms with Gasteiger partial charge in [-0.3, -0.25) is 4.79 Å². The number of carbonyl (C=O) groups is 1. The van der Waals surface area contributed by atoms with Crippen molar-refractivity contribution >= 4 is 5.78 Å². The molecule has 98 valence electrons. The van der Waals surface area contributed by atoms with Crippen LogP contribution in [0, 0.1) is 17.1 Å². The van der Waals surface area contributed by atoms with Crippen LogP contribution >= 0.6 is 0 Å². The highest BCUT2D eigenvalue weighted by Gasteiger charge is 2.20. The molecular formula is C16H10FNO2. The maximum absolute atomic E-state index is 13.5. The first-order chi connectivity index (χ1) is 9.69. The minimum atomic E-state index is -0.610. The largest absolute Gasteiger partial charge is 0.456 e. The van der Waals surface area contributed by atoms with Crippen LogP contribution in [0.15, 0.2) is 36.4 Å². The summed E-state index contributed by atoms with van der Waals surface area (Å²) in [5.41, 5.74) is 1.53. The molecule has 2 aromatic carbocycles. The molecular weight excluding hydrogens is 257 g/mol. The SMILES string of the molecule is N#Cc1c(F)cccc1Oc1ccc2c(c1)CCC2=O. The number of benzene rings is 2. The Bertz CT molecular complexity index is 747. The summed E-state index contributed by atoms with van der Waals surface area (Å²) in [6, 6.07) is 11.2. The van der Waals surface area contributed by atoms with E-state index in [1.807, 2.05) is 0 Å². The lowest BCUT2D eigenvalue weighted by atomic mass is 10.1. The number of ketones is 1. The first kappa shape index (κ1) is 12.4. The van der Waals surface area contributed by atoms with Crippen LogP contribution in [0.1, 0.15) is 27.9 Å². The van der Waals surface area contributed by atoms with Gasteiger partial charge in [0.2, 0.25) is 0 Å². The van der Waals surface area contributed by atoms with E-state index in [2.05, 4.69) is 0 Å². The molecule has 0 radical (unpaired) electrons. The Labute approximate surface area is 115 Å². The molecule has 0 spiro atoms. The molecule has 1 aliphatic carbocycles. The van der Waals surface area contributed by atoms with Gasteiger partial charge in [0.1, 0.15) is 28.9 Å². The molecule has 0 aliphatic heterocycles. The lowest BCUT2D eigenvalue weighted by molar-refractivity contribution is 0.0994. The molecule has 3 nitrogen and oxygen atoms in total. The quantitative estimate of drug-likeness (QED) is 0.835. The molecule has 20 heavy (non-hydrogen) atoms. The molecule has 0 amide bonds. The Morgan fingerprint density at radius 3 is 2.85 bits per heavy atom. The molecule has 0 saturated heterocycles. The second-order valence-electron chi connectivity index (χ2n) is 4.57. The van der Waals surface area contributed by atoms with Crippen molar-refractivity contribution in [2.24, 2.45) is 0 Å². The van der Waals surface area contributed by atoms with Gasteiger partial charge in [0.05, 0.1) is 0 Å². The Balaban J connectivity index is 1.95. The van der Waals surface area contributed by atoms with Gasteiger partial charge in [0, 0.05) is 12.0 Å². The molecule has 0 atom stereocenters. The summed E-state index contributed by atoms with van der Waals surface area (Å²) in [4.78, 5) is 11.5. The van der Waals surface area contributed by atoms with E-state index in [1.165, 1.54) is 12.1 Å². The summed E-state index contributed by atoms with van der Waals surface area (Å²) < 4.78 is 19.0. The van der Waals surface area contributed by atoms with Crippen LogP contribution in [0.25, 0.3) is 0 Å². The lowest BCUT2D eigenvalue weighted by Crippen LogP contribution is -1.94. The Hall–Kier alpha value is -2.67. The average Bonchev–Trinajstić information content (AvgIpc) is 2.80. The standard InChI is InChI=1S/C16H10FNO2/c17-14-2-1-3-16(13(14)9-18)20-11-5-6-12-10(8-11)4-7-15(12)19/h1-3,5-6,8H,4,7H2. The van der Waals surface area contributed by atoms with Gasteiger partial charge < -0.3 is 4.74 Å². The van der Waals surface area contributed by atoms with Gasteiger partial charge in [0.15, 0.2) is 5.78 Å². The number of fused-ring (bicyclic) bond motifs is 1. The van der Waals surface area contributed by atoms with Gasteiger partial charge in [-0.2, -0.15) is 5.26 Å². The first-order valence-corrected chi connectivity index (χ1v) is 6.21. The van der Waals surface area contributed by atoms with Crippen LogP contribution in [0.5, 0.6) is 11.5 Å². The fourth-order valence-electron chi connectivity index (χ4n) is 2.32. The van der Waals surface area contributed by atoms with E-state index in [-0.39, 0.29) is 17.1 Å². The summed E-state index contributed by atoms with van der Waals surface area (Å²) in [5.74, 6) is 0.202. The number of ether oxygens (including phenoxy) is 1. The van der Waals surface area contributed by atoms with E-state index in [0.29, 0.717) is 18.6 Å². The van der Waals surface area contributed by atoms with E-state index in [1.54, 1.807) is 30.3 Å². The summed E-state index contributed by atoms with van der Waals surface area (Å²) in [5, 5.41) is 8.95. The Kier molecular flexibility index (Phi) is 2.96. The molecule has 1 aliphatic rings. The fourth-order valence-corrected chi connectivity index (χ4v) is 2.32. The number of Topliss-reactive ketones (excluding diaryl/α,β-unsaturated/α-hetero) is 1. The van der Waals surface area contributed by atoms with Crippen LogP contribution < -0.4 is 4.74 Å². The van der Waals surface area contributed by atoms with Crippen molar-refractivity contribution in [2.45, 2.75) is 12.8 Å². The van der Waals surface area contributed by atoms with Gasteiger partial charge in [-0.05, 0) is 42.3 Å². The molecule has 0 fully saturated rings. The lowest BCUT2D eigenvalue weighted by Gasteiger charge is -2.09. The molecule has 0 N–H and O–H groups in total. The van der Waals surface area contributed by atoms with Crippen LogP contribution in [0.2, 0.25) is 0 Å². The third-order valence-corrected chi connectivity index (χ3v) is 3.31. The number of rotatable bonds is 2. The zero-order valence-corrected chi connectivity index (χ0v) is 10.5. The maximum atomic E-state index is 13.5. The van der Waals surface area contributed by atoms with Crippen molar-refractivity contribution in [2.75, 3.05) is 0 Å². The van der Waals surface area contributed by atoms with Crippen LogP contribution in [-0.4, -0.2) is 5.78 Å². The minimum Gasteiger partial charge on any atom is -0.456 e. The molecule has 4 heteroatoms. The number of halogens is 1. The van der Waals surface area contributed by atoms with Crippen molar-refractivity contribution in [1.29, 1.82) is 5.26 Å². The third-order valence-electron chi connectivity index (χ3n) is 3.31. The van der Waals surface area contributed by atoms with Gasteiger partial charge >= 0.3 is 0 Å². The molecule has 0 bridgehead atoms. The number of carbonyl (C=O) groups excluding carboxylic acids is 1. The van der Waals surface area contributed by atoms with Crippen molar-refractivity contribution in [3.63, 3.8) is 0 Å². The predicted molar refractivity (Wildman–Crippen MR) is 70.3 cm³/mol. The number of hydrogen-bond acceptors (Lipinski definition) is 3. The van der Waals surface area contributed by atoms with Crippen molar-refractivity contribution < 1.29 is 13.9 Å². The Morgan fingerprint density at radius 1 is 1.20 bits per heavy atom. The van der Waals surface area contributed by atoms with E-state index in [9.17, 15) is 9.18 Å². The zero-order chi connectivity index (χ0) is 14.1. The van der Waals surface area contributed by atoms with Gasteiger partial charge in [0.25, 0.3) is 0 Å². The highest BCUT2D eigenvalue weighted by molar-refractivity contribution is 6.00. The summed E-state index contributed by atoms with van der Waals surface area (Å²) in [6.07, 6.45) is 1.21. The van der Waals surface area contributed by atoms with Crippen molar-refractivity contribution in [1.82, 2.24) is 0 Å². The number of aryl methyl sites for hydroxylation is 1. The number of nitrogens with zero attached hydrogens (tertiary/aromatic N) is 1. The van der Waals surface area contributed by atoms with Gasteiger partial charge in [-0.15, -0.1) is 0 Å². The van der Waals surface area contributed by atoms with Crippen molar-refractivity contribution in [3.8, 4) is 17.6 Å². The van der Waals surface area contributed by atoms with E-state index >= 15 is 0 Å². The summed E-state index contributed by atoms with van der Waals surface area (Å²) >= 11 is 0. The van der Waals surface area contributed by atoms with Crippen LogP contribution in [0.3, 0.4) is 0 Å². The second-order valence-corrected chi connectivity index (χ2v) is 4.57. The van der Waals surface area contributed by atoms with Gasteiger partial charge in [-0.1, -0.05) is 6.07 Å². The van der Waals surface area contributed by atoms with E-state index < -0.39 is 5.82 Å². The molecule has 0 unspecified atom stereocenters. The summed E-state index contributed by atoms with van der Waals surface area (Å²) in [7, 11) is 0. The topological polar surface area (TPSA) is 50.1 Å².